The SMILES string of the molecule is CCOC(=O)NC(C)=N[n+]1ccccc1C. The van der Waals surface area contributed by atoms with Crippen LogP contribution in [0.4, 0.5) is 4.79 Å². The highest BCUT2D eigenvalue weighted by Gasteiger charge is 2.07. The molecule has 0 bridgehead atoms. The van der Waals surface area contributed by atoms with E-state index in [4.69, 9.17) is 4.74 Å². The number of nitrogens with zero attached hydrogens (tertiary/aromatic N) is 2. The summed E-state index contributed by atoms with van der Waals surface area (Å²) in [6.45, 7) is 5.73. The summed E-state index contributed by atoms with van der Waals surface area (Å²) in [6, 6.07) is 5.73. The van der Waals surface area contributed by atoms with Crippen LogP contribution in [0.2, 0.25) is 0 Å². The zero-order valence-electron chi connectivity index (χ0n) is 9.73. The number of amidine groups is 1. The van der Waals surface area contributed by atoms with Crippen molar-refractivity contribution in [3.8, 4) is 0 Å². The molecule has 16 heavy (non-hydrogen) atoms. The number of alkyl carbamates (subject to hydrolysis) is 1. The second-order valence-electron chi connectivity index (χ2n) is 3.22. The number of carbonyl (C=O) groups is 1. The second-order valence-corrected chi connectivity index (χ2v) is 3.22. The molecule has 0 radical (unpaired) electrons. The summed E-state index contributed by atoms with van der Waals surface area (Å²) in [4.78, 5) is 11.1. The van der Waals surface area contributed by atoms with E-state index in [2.05, 4.69) is 10.4 Å². The smallest absolute Gasteiger partial charge is 0.412 e. The van der Waals surface area contributed by atoms with Crippen molar-refractivity contribution in [3.05, 3.63) is 30.1 Å². The van der Waals surface area contributed by atoms with E-state index >= 15 is 0 Å². The first-order chi connectivity index (χ1) is 7.63. The molecule has 0 unspecified atom stereocenters. The molecule has 5 nitrogen and oxygen atoms in total. The van der Waals surface area contributed by atoms with Gasteiger partial charge in [-0.3, -0.25) is 5.32 Å². The Kier molecular flexibility index (Phi) is 4.44. The molecule has 0 fully saturated rings. The zero-order chi connectivity index (χ0) is 12.0. The van der Waals surface area contributed by atoms with Crippen LogP contribution in [0.25, 0.3) is 0 Å². The van der Waals surface area contributed by atoms with E-state index in [1.54, 1.807) is 18.5 Å². The number of nitrogens with one attached hydrogen (secondary N) is 1. The van der Waals surface area contributed by atoms with Crippen LogP contribution in [0.1, 0.15) is 19.5 Å². The average molecular weight is 222 g/mol. The van der Waals surface area contributed by atoms with Crippen molar-refractivity contribution < 1.29 is 14.2 Å². The highest BCUT2D eigenvalue weighted by molar-refractivity contribution is 5.93. The summed E-state index contributed by atoms with van der Waals surface area (Å²) >= 11 is 0. The van der Waals surface area contributed by atoms with Crippen LogP contribution in [-0.2, 0) is 4.74 Å². The van der Waals surface area contributed by atoms with Gasteiger partial charge in [0.15, 0.2) is 5.84 Å². The monoisotopic (exact) mass is 222 g/mol. The van der Waals surface area contributed by atoms with Gasteiger partial charge in [0.05, 0.1) is 6.61 Å². The number of aromatic nitrogens is 1. The Hall–Kier alpha value is -1.91. The standard InChI is InChI=1S/C11H15N3O2/c1-4-16-11(15)12-10(3)13-14-8-6-5-7-9(14)2/h5-8H,4H2,1-3H3/p+1. The molecule has 1 aromatic rings. The molecule has 0 atom stereocenters. The fourth-order valence-electron chi connectivity index (χ4n) is 1.13. The topological polar surface area (TPSA) is 54.6 Å². The highest BCUT2D eigenvalue weighted by atomic mass is 16.5. The summed E-state index contributed by atoms with van der Waals surface area (Å²) < 4.78 is 6.42. The van der Waals surface area contributed by atoms with Crippen molar-refractivity contribution in [2.75, 3.05) is 6.61 Å². The van der Waals surface area contributed by atoms with Gasteiger partial charge >= 0.3 is 6.09 Å². The first-order valence-electron chi connectivity index (χ1n) is 5.10. The Balaban J connectivity index is 2.70. The molecule has 0 saturated carbocycles. The number of ether oxygens (including phenoxy) is 1. The molecule has 0 aliphatic rings. The lowest BCUT2D eigenvalue weighted by Crippen LogP contribution is -2.37. The lowest BCUT2D eigenvalue weighted by atomic mass is 10.4. The minimum absolute atomic E-state index is 0.344. The average Bonchev–Trinajstić information content (AvgIpc) is 2.21. The van der Waals surface area contributed by atoms with E-state index in [1.807, 2.05) is 31.3 Å². The summed E-state index contributed by atoms with van der Waals surface area (Å²) in [7, 11) is 0. The summed E-state index contributed by atoms with van der Waals surface area (Å²) in [5.74, 6) is 0.484. The number of aryl methyl sites for hydroxylation is 1. The van der Waals surface area contributed by atoms with Gasteiger partial charge in [0.1, 0.15) is 0 Å². The van der Waals surface area contributed by atoms with Crippen LogP contribution in [0.3, 0.4) is 0 Å². The normalized spacial score (nSPS) is 11.1. The van der Waals surface area contributed by atoms with E-state index in [0.717, 1.165) is 5.69 Å². The minimum Gasteiger partial charge on any atom is -0.450 e. The molecule has 1 heterocycles. The second kappa shape index (κ2) is 5.85. The van der Waals surface area contributed by atoms with Crippen molar-refractivity contribution in [1.82, 2.24) is 5.32 Å². The first-order valence-corrected chi connectivity index (χ1v) is 5.10. The maximum Gasteiger partial charge on any atom is 0.412 e. The Labute approximate surface area is 94.7 Å². The Bertz CT molecular complexity index is 402. The largest absolute Gasteiger partial charge is 0.450 e. The molecule has 0 aromatic carbocycles. The molecule has 0 aliphatic heterocycles. The van der Waals surface area contributed by atoms with Gasteiger partial charge in [-0.15, -0.1) is 0 Å². The highest BCUT2D eigenvalue weighted by Crippen LogP contribution is 1.87. The number of rotatable bonds is 2. The van der Waals surface area contributed by atoms with Crippen molar-refractivity contribution >= 4 is 11.9 Å². The van der Waals surface area contributed by atoms with Gasteiger partial charge in [0, 0.05) is 31.1 Å². The molecule has 0 saturated heterocycles. The first kappa shape index (κ1) is 12.2. The number of hydrogen-bond donors (Lipinski definition) is 1. The zero-order valence-corrected chi connectivity index (χ0v) is 9.73. The molecule has 1 aromatic heterocycles. The van der Waals surface area contributed by atoms with Crippen molar-refractivity contribution in [1.29, 1.82) is 0 Å². The van der Waals surface area contributed by atoms with Crippen LogP contribution >= 0.6 is 0 Å². The summed E-state index contributed by atoms with van der Waals surface area (Å²) in [5, 5.41) is 6.73. The van der Waals surface area contributed by atoms with Gasteiger partial charge in [0.25, 0.3) is 0 Å². The Morgan fingerprint density at radius 2 is 2.31 bits per heavy atom. The van der Waals surface area contributed by atoms with Gasteiger partial charge in [-0.05, 0) is 13.0 Å². The van der Waals surface area contributed by atoms with Crippen molar-refractivity contribution in [3.63, 3.8) is 0 Å². The Morgan fingerprint density at radius 3 is 2.94 bits per heavy atom. The predicted molar refractivity (Wildman–Crippen MR) is 60.0 cm³/mol. The molecular formula is C11H16N3O2+. The predicted octanol–water partition coefficient (Wildman–Crippen LogP) is 1.21. The Morgan fingerprint density at radius 1 is 1.56 bits per heavy atom. The van der Waals surface area contributed by atoms with Crippen LogP contribution in [0, 0.1) is 6.92 Å². The lowest BCUT2D eigenvalue weighted by Gasteiger charge is -2.01. The van der Waals surface area contributed by atoms with Gasteiger partial charge in [-0.1, -0.05) is 4.68 Å². The molecule has 1 amide bonds. The van der Waals surface area contributed by atoms with Gasteiger partial charge < -0.3 is 4.74 Å². The molecule has 0 aliphatic carbocycles. The number of hydrogen-bond acceptors (Lipinski definition) is 3. The minimum atomic E-state index is -0.488. The summed E-state index contributed by atoms with van der Waals surface area (Å²) in [5.41, 5.74) is 0.979. The molecular weight excluding hydrogens is 206 g/mol. The third-order valence-electron chi connectivity index (χ3n) is 1.85. The van der Waals surface area contributed by atoms with Crippen LogP contribution < -0.4 is 9.99 Å². The van der Waals surface area contributed by atoms with Crippen LogP contribution in [-0.4, -0.2) is 18.5 Å². The molecule has 1 rings (SSSR count). The van der Waals surface area contributed by atoms with E-state index in [0.29, 0.717) is 12.4 Å². The number of carbonyl (C=O) groups excluding carboxylic acids is 1. The van der Waals surface area contributed by atoms with E-state index in [1.165, 1.54) is 0 Å². The van der Waals surface area contributed by atoms with E-state index < -0.39 is 6.09 Å². The van der Waals surface area contributed by atoms with E-state index in [-0.39, 0.29) is 0 Å². The molecule has 5 heteroatoms. The third kappa shape index (κ3) is 3.68. The lowest BCUT2D eigenvalue weighted by molar-refractivity contribution is -0.685. The van der Waals surface area contributed by atoms with E-state index in [9.17, 15) is 4.79 Å². The third-order valence-corrected chi connectivity index (χ3v) is 1.85. The maximum absolute atomic E-state index is 11.1. The van der Waals surface area contributed by atoms with Crippen molar-refractivity contribution in [2.24, 2.45) is 5.10 Å². The molecule has 1 N–H and O–H groups in total. The molecule has 0 spiro atoms. The van der Waals surface area contributed by atoms with Gasteiger partial charge in [-0.25, -0.2) is 4.79 Å². The maximum atomic E-state index is 11.1. The number of pyridine rings is 1. The number of amides is 1. The van der Waals surface area contributed by atoms with Crippen LogP contribution in [0.15, 0.2) is 29.5 Å². The quantitative estimate of drug-likeness (QED) is 0.464. The van der Waals surface area contributed by atoms with Gasteiger partial charge in [-0.2, -0.15) is 0 Å². The van der Waals surface area contributed by atoms with Crippen LogP contribution in [0.5, 0.6) is 0 Å². The van der Waals surface area contributed by atoms with Gasteiger partial charge in [0.2, 0.25) is 11.9 Å². The summed E-state index contributed by atoms with van der Waals surface area (Å²) in [6.07, 6.45) is 1.32. The fourth-order valence-corrected chi connectivity index (χ4v) is 1.13. The van der Waals surface area contributed by atoms with Crippen molar-refractivity contribution in [2.45, 2.75) is 20.8 Å². The molecule has 86 valence electrons. The fraction of sp³-hybridized carbons (Fsp3) is 0.364.